The Morgan fingerprint density at radius 3 is 2.41 bits per heavy atom. The van der Waals surface area contributed by atoms with E-state index in [0.717, 1.165) is 16.0 Å². The number of thiophene rings is 1. The first-order chi connectivity index (χ1) is 19.7. The Balaban J connectivity index is 1.47. The smallest absolute Gasteiger partial charge is 0.341 e. The minimum Gasteiger partial charge on any atom is -0.481 e. The molecular weight excluding hydrogens is 560 g/mol. The molecule has 41 heavy (non-hydrogen) atoms. The van der Waals surface area contributed by atoms with Gasteiger partial charge in [-0.15, -0.1) is 23.1 Å². The van der Waals surface area contributed by atoms with Crippen LogP contribution in [0.25, 0.3) is 11.1 Å². The Kier molecular flexibility index (Phi) is 10.0. The number of aliphatic carboxylic acids is 1. The number of esters is 1. The third-order valence-corrected chi connectivity index (χ3v) is 9.16. The monoisotopic (exact) mass is 592 g/mol. The van der Waals surface area contributed by atoms with Gasteiger partial charge < -0.3 is 20.5 Å². The number of hydrogen-bond acceptors (Lipinski definition) is 7. The van der Waals surface area contributed by atoms with Crippen LogP contribution >= 0.6 is 23.1 Å². The predicted octanol–water partition coefficient (Wildman–Crippen LogP) is 6.63. The normalized spacial score (nSPS) is 17.0. The molecule has 1 aliphatic rings. The molecule has 214 valence electrons. The van der Waals surface area contributed by atoms with Crippen molar-refractivity contribution in [2.24, 2.45) is 11.8 Å². The van der Waals surface area contributed by atoms with Crippen LogP contribution < -0.4 is 10.6 Å². The van der Waals surface area contributed by atoms with Crippen LogP contribution in [0.2, 0.25) is 0 Å². The number of carboxylic acids is 1. The largest absolute Gasteiger partial charge is 0.481 e. The average molecular weight is 593 g/mol. The molecule has 4 rings (SSSR count). The number of hydrogen-bond donors (Lipinski definition) is 3. The van der Waals surface area contributed by atoms with Gasteiger partial charge in [0.1, 0.15) is 10.6 Å². The van der Waals surface area contributed by atoms with Gasteiger partial charge in [0.25, 0.3) is 0 Å². The van der Waals surface area contributed by atoms with Crippen LogP contribution in [-0.4, -0.2) is 41.2 Å². The molecule has 0 fully saturated rings. The first-order valence-corrected chi connectivity index (χ1v) is 15.0. The second-order valence-electron chi connectivity index (χ2n) is 9.73. The molecule has 0 spiro atoms. The number of carboxylic acid groups (broad SMARTS) is 1. The maximum absolute atomic E-state index is 13.4. The van der Waals surface area contributed by atoms with Crippen molar-refractivity contribution in [3.8, 4) is 11.1 Å². The number of amides is 2. The fraction of sp³-hybridized carbons (Fsp3) is 0.290. The Hall–Kier alpha value is -3.89. The summed E-state index contributed by atoms with van der Waals surface area (Å²) in [6.07, 6.45) is 4.85. The molecule has 0 aliphatic heterocycles. The number of nitrogens with one attached hydrogen (secondary N) is 2. The fourth-order valence-electron chi connectivity index (χ4n) is 4.64. The van der Waals surface area contributed by atoms with E-state index in [1.165, 1.54) is 30.2 Å². The van der Waals surface area contributed by atoms with E-state index in [2.05, 4.69) is 10.6 Å². The van der Waals surface area contributed by atoms with E-state index in [1.54, 1.807) is 24.3 Å². The maximum atomic E-state index is 13.4. The molecular formula is C31H32N2O6S2. The van der Waals surface area contributed by atoms with Crippen LogP contribution in [0, 0.1) is 18.8 Å². The number of rotatable bonds is 10. The molecule has 1 aromatic heterocycles. The number of benzene rings is 2. The number of carbonyl (C=O) groups is 4. The number of anilines is 2. The molecule has 0 saturated heterocycles. The summed E-state index contributed by atoms with van der Waals surface area (Å²) in [5.41, 5.74) is 3.49. The Labute approximate surface area is 247 Å². The van der Waals surface area contributed by atoms with Crippen molar-refractivity contribution in [3.63, 3.8) is 0 Å². The molecule has 3 aromatic rings. The van der Waals surface area contributed by atoms with Crippen LogP contribution in [0.1, 0.15) is 42.1 Å². The van der Waals surface area contributed by atoms with Crippen molar-refractivity contribution < 1.29 is 29.0 Å². The number of aryl methyl sites for hydroxylation is 1. The summed E-state index contributed by atoms with van der Waals surface area (Å²) < 4.78 is 5.03. The van der Waals surface area contributed by atoms with Crippen LogP contribution in [0.15, 0.2) is 71.0 Å². The van der Waals surface area contributed by atoms with Crippen molar-refractivity contribution in [3.05, 3.63) is 77.2 Å². The van der Waals surface area contributed by atoms with Gasteiger partial charge in [0.2, 0.25) is 11.8 Å². The fourth-order valence-corrected chi connectivity index (χ4v) is 6.61. The molecule has 1 aliphatic carbocycles. The molecule has 1 heterocycles. The third kappa shape index (κ3) is 7.25. The van der Waals surface area contributed by atoms with Crippen molar-refractivity contribution in [1.29, 1.82) is 0 Å². The highest BCUT2D eigenvalue weighted by Crippen LogP contribution is 2.37. The van der Waals surface area contributed by atoms with E-state index in [1.807, 2.05) is 55.6 Å². The summed E-state index contributed by atoms with van der Waals surface area (Å²) in [5.74, 6) is -3.52. The molecule has 2 aromatic carbocycles. The molecule has 8 nitrogen and oxygen atoms in total. The Bertz CT molecular complexity index is 1460. The lowest BCUT2D eigenvalue weighted by Gasteiger charge is -2.24. The van der Waals surface area contributed by atoms with Crippen molar-refractivity contribution in [1.82, 2.24) is 0 Å². The molecule has 3 N–H and O–H groups in total. The average Bonchev–Trinajstić information content (AvgIpc) is 3.39. The maximum Gasteiger partial charge on any atom is 0.341 e. The summed E-state index contributed by atoms with van der Waals surface area (Å²) in [7, 11) is 1.31. The molecule has 3 unspecified atom stereocenters. The zero-order valence-electron chi connectivity index (χ0n) is 23.0. The van der Waals surface area contributed by atoms with E-state index in [9.17, 15) is 24.3 Å². The lowest BCUT2D eigenvalue weighted by molar-refractivity contribution is -0.146. The van der Waals surface area contributed by atoms with Gasteiger partial charge in [-0.05, 0) is 49.9 Å². The van der Waals surface area contributed by atoms with Gasteiger partial charge in [0.05, 0.1) is 24.2 Å². The second-order valence-corrected chi connectivity index (χ2v) is 11.9. The molecule has 3 atom stereocenters. The Morgan fingerprint density at radius 1 is 1.05 bits per heavy atom. The van der Waals surface area contributed by atoms with E-state index in [4.69, 9.17) is 4.74 Å². The first-order valence-electron chi connectivity index (χ1n) is 13.2. The van der Waals surface area contributed by atoms with Crippen LogP contribution in [0.3, 0.4) is 0 Å². The van der Waals surface area contributed by atoms with E-state index < -0.39 is 29.0 Å². The molecule has 10 heteroatoms. The van der Waals surface area contributed by atoms with Gasteiger partial charge in [0, 0.05) is 21.5 Å². The quantitative estimate of drug-likeness (QED) is 0.137. The molecule has 0 bridgehead atoms. The highest BCUT2D eigenvalue weighted by molar-refractivity contribution is 8.00. The van der Waals surface area contributed by atoms with Crippen LogP contribution in [0.5, 0.6) is 0 Å². The van der Waals surface area contributed by atoms with Crippen LogP contribution in [-0.2, 0) is 19.1 Å². The molecule has 0 saturated carbocycles. The minimum absolute atomic E-state index is 0.257. The molecule has 2 amide bonds. The lowest BCUT2D eigenvalue weighted by Crippen LogP contribution is -2.34. The SMILES string of the molecule is CCC(Sc1cccc(NC(=O)C2CC=CCC2C(=O)O)c1)C(=O)Nc1scc(-c2ccc(C)cc2)c1C(=O)OC. The number of thioether (sulfide) groups is 1. The van der Waals surface area contributed by atoms with Crippen molar-refractivity contribution in [2.45, 2.75) is 43.3 Å². The minimum atomic E-state index is -0.984. The van der Waals surface area contributed by atoms with Crippen molar-refractivity contribution in [2.75, 3.05) is 17.7 Å². The van der Waals surface area contributed by atoms with Gasteiger partial charge >= 0.3 is 11.9 Å². The van der Waals surface area contributed by atoms with Gasteiger partial charge in [-0.25, -0.2) is 4.79 Å². The van der Waals surface area contributed by atoms with E-state index >= 15 is 0 Å². The van der Waals surface area contributed by atoms with Crippen LogP contribution in [0.4, 0.5) is 10.7 Å². The van der Waals surface area contributed by atoms with Gasteiger partial charge in [-0.2, -0.15) is 0 Å². The standard InChI is InChI=1S/C31H32N2O6S2/c1-4-25(28(35)33-29-26(31(38)39-3)24(17-40-29)19-14-12-18(2)13-15-19)41-21-9-7-8-20(16-21)32-27(34)22-10-5-6-11-23(22)30(36)37/h5-9,12-17,22-23,25H,4,10-11H2,1-3H3,(H,32,34)(H,33,35)(H,36,37). The summed E-state index contributed by atoms with van der Waals surface area (Å²) in [6, 6.07) is 14.9. The second kappa shape index (κ2) is 13.6. The highest BCUT2D eigenvalue weighted by atomic mass is 32.2. The van der Waals surface area contributed by atoms with Gasteiger partial charge in [0.15, 0.2) is 0 Å². The number of allylic oxidation sites excluding steroid dienone is 2. The third-order valence-electron chi connectivity index (χ3n) is 6.91. The summed E-state index contributed by atoms with van der Waals surface area (Å²) >= 11 is 2.61. The zero-order chi connectivity index (χ0) is 29.5. The van der Waals surface area contributed by atoms with E-state index in [-0.39, 0.29) is 11.8 Å². The molecule has 0 radical (unpaired) electrons. The Morgan fingerprint density at radius 2 is 1.76 bits per heavy atom. The zero-order valence-corrected chi connectivity index (χ0v) is 24.6. The van der Waals surface area contributed by atoms with Crippen molar-refractivity contribution >= 4 is 57.5 Å². The number of methoxy groups -OCH3 is 1. The first kappa shape index (κ1) is 30.1. The topological polar surface area (TPSA) is 122 Å². The number of ether oxygens (including phenoxy) is 1. The summed E-state index contributed by atoms with van der Waals surface area (Å²) in [6.45, 7) is 3.89. The lowest BCUT2D eigenvalue weighted by atomic mass is 9.82. The van der Waals surface area contributed by atoms with Gasteiger partial charge in [-0.1, -0.05) is 55.0 Å². The summed E-state index contributed by atoms with van der Waals surface area (Å²) in [4.78, 5) is 51.4. The van der Waals surface area contributed by atoms with Gasteiger partial charge in [-0.3, -0.25) is 14.4 Å². The number of carbonyl (C=O) groups excluding carboxylic acids is 3. The highest BCUT2D eigenvalue weighted by Gasteiger charge is 2.34. The predicted molar refractivity (Wildman–Crippen MR) is 162 cm³/mol. The summed E-state index contributed by atoms with van der Waals surface area (Å²) in [5, 5.41) is 17.1. The van der Waals surface area contributed by atoms with E-state index in [0.29, 0.717) is 41.1 Å².